The number of anilines is 1. The predicted octanol–water partition coefficient (Wildman–Crippen LogP) is 0.540. The van der Waals surface area contributed by atoms with E-state index in [4.69, 9.17) is 5.73 Å². The van der Waals surface area contributed by atoms with Crippen LogP contribution < -0.4 is 5.73 Å². The molecule has 0 amide bonds. The molecule has 0 bridgehead atoms. The third kappa shape index (κ3) is 0.621. The molecule has 2 aromatic rings. The van der Waals surface area contributed by atoms with Gasteiger partial charge in [0.25, 0.3) is 0 Å². The molecule has 3 N–H and O–H groups in total. The van der Waals surface area contributed by atoms with Crippen LogP contribution in [-0.2, 0) is 0 Å². The summed E-state index contributed by atoms with van der Waals surface area (Å²) in [6.45, 7) is 0. The Kier molecular flexibility index (Phi) is 0.887. The second-order valence-electron chi connectivity index (χ2n) is 2.05. The van der Waals surface area contributed by atoms with Crippen LogP contribution in [0.3, 0.4) is 0 Å². The van der Waals surface area contributed by atoms with Crippen LogP contribution in [0.4, 0.5) is 5.82 Å². The van der Waals surface area contributed by atoms with Gasteiger partial charge in [-0.25, -0.2) is 9.97 Å². The monoisotopic (exact) mass is 134 g/mol. The molecule has 2 rings (SSSR count). The number of aromatic nitrogens is 3. The molecule has 4 heteroatoms. The van der Waals surface area contributed by atoms with Gasteiger partial charge in [0, 0.05) is 11.6 Å². The molecular weight excluding hydrogens is 128 g/mol. The molecule has 0 aliphatic rings. The summed E-state index contributed by atoms with van der Waals surface area (Å²) in [6, 6.07) is 1.80. The van der Waals surface area contributed by atoms with Crippen molar-refractivity contribution >= 4 is 16.9 Å². The van der Waals surface area contributed by atoms with E-state index in [1.165, 1.54) is 6.33 Å². The summed E-state index contributed by atoms with van der Waals surface area (Å²) in [5.74, 6) is 0.621. The van der Waals surface area contributed by atoms with E-state index in [9.17, 15) is 0 Å². The van der Waals surface area contributed by atoms with Crippen molar-refractivity contribution in [3.05, 3.63) is 18.6 Å². The van der Waals surface area contributed by atoms with Crippen LogP contribution >= 0.6 is 0 Å². The van der Waals surface area contributed by atoms with Crippen molar-refractivity contribution in [1.29, 1.82) is 0 Å². The molecule has 0 aromatic carbocycles. The van der Waals surface area contributed by atoms with E-state index in [1.807, 2.05) is 0 Å². The van der Waals surface area contributed by atoms with Gasteiger partial charge in [0.2, 0.25) is 0 Å². The number of nitrogens with zero attached hydrogens (tertiary/aromatic N) is 2. The first-order valence-electron chi connectivity index (χ1n) is 2.90. The lowest BCUT2D eigenvalue weighted by Gasteiger charge is -1.82. The lowest BCUT2D eigenvalue weighted by molar-refractivity contribution is 1.20. The minimum absolute atomic E-state index is 0.621. The van der Waals surface area contributed by atoms with Gasteiger partial charge in [0.05, 0.1) is 0 Å². The SMILES string of the molecule is Nc1cc2cncnc2[nH]1. The largest absolute Gasteiger partial charge is 0.385 e. The third-order valence-corrected chi connectivity index (χ3v) is 1.31. The smallest absolute Gasteiger partial charge is 0.142 e. The highest BCUT2D eigenvalue weighted by Gasteiger charge is 1.95. The zero-order chi connectivity index (χ0) is 6.97. The topological polar surface area (TPSA) is 67.6 Å². The highest BCUT2D eigenvalue weighted by molar-refractivity contribution is 5.78. The predicted molar refractivity (Wildman–Crippen MR) is 38.3 cm³/mol. The maximum atomic E-state index is 5.47. The van der Waals surface area contributed by atoms with Crippen molar-refractivity contribution in [3.8, 4) is 0 Å². The van der Waals surface area contributed by atoms with Crippen LogP contribution in [0.2, 0.25) is 0 Å². The molecule has 0 saturated heterocycles. The number of rotatable bonds is 0. The summed E-state index contributed by atoms with van der Waals surface area (Å²) in [5.41, 5.74) is 6.25. The Morgan fingerprint density at radius 2 is 2.40 bits per heavy atom. The molecule has 0 unspecified atom stereocenters. The van der Waals surface area contributed by atoms with Crippen molar-refractivity contribution in [2.24, 2.45) is 0 Å². The Labute approximate surface area is 57.1 Å². The van der Waals surface area contributed by atoms with Crippen LogP contribution in [0.25, 0.3) is 11.0 Å². The molecule has 10 heavy (non-hydrogen) atoms. The van der Waals surface area contributed by atoms with Gasteiger partial charge in [-0.05, 0) is 6.07 Å². The van der Waals surface area contributed by atoms with E-state index < -0.39 is 0 Å². The highest BCUT2D eigenvalue weighted by Crippen LogP contribution is 2.10. The highest BCUT2D eigenvalue weighted by atomic mass is 14.9. The van der Waals surface area contributed by atoms with Crippen LogP contribution in [-0.4, -0.2) is 15.0 Å². The van der Waals surface area contributed by atoms with Gasteiger partial charge in [-0.2, -0.15) is 0 Å². The van der Waals surface area contributed by atoms with E-state index >= 15 is 0 Å². The number of nitrogens with one attached hydrogen (secondary N) is 1. The Morgan fingerprint density at radius 3 is 3.20 bits per heavy atom. The van der Waals surface area contributed by atoms with Gasteiger partial charge in [-0.3, -0.25) is 0 Å². The molecular formula is C6H6N4. The molecule has 4 nitrogen and oxygen atoms in total. The normalized spacial score (nSPS) is 10.4. The average Bonchev–Trinajstić information content (AvgIpc) is 2.27. The van der Waals surface area contributed by atoms with Crippen molar-refractivity contribution in [2.75, 3.05) is 5.73 Å². The summed E-state index contributed by atoms with van der Waals surface area (Å²) >= 11 is 0. The van der Waals surface area contributed by atoms with Crippen LogP contribution in [0.5, 0.6) is 0 Å². The van der Waals surface area contributed by atoms with E-state index in [2.05, 4.69) is 15.0 Å². The number of hydrogen-bond acceptors (Lipinski definition) is 3. The second kappa shape index (κ2) is 1.70. The Hall–Kier alpha value is -1.58. The molecule has 0 atom stereocenters. The van der Waals surface area contributed by atoms with Gasteiger partial charge >= 0.3 is 0 Å². The van der Waals surface area contributed by atoms with Crippen LogP contribution in [0.15, 0.2) is 18.6 Å². The van der Waals surface area contributed by atoms with E-state index in [1.54, 1.807) is 12.3 Å². The maximum absolute atomic E-state index is 5.47. The number of hydrogen-bond donors (Lipinski definition) is 2. The summed E-state index contributed by atoms with van der Waals surface area (Å²) in [6.07, 6.45) is 3.20. The van der Waals surface area contributed by atoms with Crippen molar-refractivity contribution in [3.63, 3.8) is 0 Å². The maximum Gasteiger partial charge on any atom is 0.142 e. The Morgan fingerprint density at radius 1 is 1.50 bits per heavy atom. The third-order valence-electron chi connectivity index (χ3n) is 1.31. The fourth-order valence-corrected chi connectivity index (χ4v) is 0.891. The number of nitrogens with two attached hydrogens (primary N) is 1. The number of fused-ring (bicyclic) bond motifs is 1. The summed E-state index contributed by atoms with van der Waals surface area (Å²) in [5, 5.41) is 0.944. The van der Waals surface area contributed by atoms with E-state index in [0.29, 0.717) is 5.82 Å². The number of aromatic amines is 1. The minimum atomic E-state index is 0.621. The first kappa shape index (κ1) is 5.22. The number of H-pyrrole nitrogens is 1. The van der Waals surface area contributed by atoms with Crippen LogP contribution in [0.1, 0.15) is 0 Å². The average molecular weight is 134 g/mol. The molecule has 0 radical (unpaired) electrons. The van der Waals surface area contributed by atoms with E-state index in [0.717, 1.165) is 11.0 Å². The molecule has 0 aliphatic heterocycles. The molecule has 0 saturated carbocycles. The zero-order valence-corrected chi connectivity index (χ0v) is 5.20. The first-order valence-corrected chi connectivity index (χ1v) is 2.90. The number of nitrogen functional groups attached to an aromatic ring is 1. The van der Waals surface area contributed by atoms with Gasteiger partial charge in [-0.15, -0.1) is 0 Å². The summed E-state index contributed by atoms with van der Waals surface area (Å²) in [4.78, 5) is 10.7. The van der Waals surface area contributed by atoms with Crippen molar-refractivity contribution < 1.29 is 0 Å². The lowest BCUT2D eigenvalue weighted by atomic mass is 10.4. The minimum Gasteiger partial charge on any atom is -0.385 e. The van der Waals surface area contributed by atoms with Crippen molar-refractivity contribution in [2.45, 2.75) is 0 Å². The molecule has 0 fully saturated rings. The molecule has 0 aliphatic carbocycles. The van der Waals surface area contributed by atoms with Gasteiger partial charge in [0.1, 0.15) is 17.8 Å². The fourth-order valence-electron chi connectivity index (χ4n) is 0.891. The summed E-state index contributed by atoms with van der Waals surface area (Å²) in [7, 11) is 0. The first-order chi connectivity index (χ1) is 4.86. The Bertz CT molecular complexity index is 318. The zero-order valence-electron chi connectivity index (χ0n) is 5.20. The van der Waals surface area contributed by atoms with Gasteiger partial charge in [0.15, 0.2) is 0 Å². The van der Waals surface area contributed by atoms with Crippen molar-refractivity contribution in [1.82, 2.24) is 15.0 Å². The van der Waals surface area contributed by atoms with Gasteiger partial charge < -0.3 is 10.7 Å². The lowest BCUT2D eigenvalue weighted by Crippen LogP contribution is -1.81. The van der Waals surface area contributed by atoms with Crippen LogP contribution in [0, 0.1) is 0 Å². The molecule has 50 valence electrons. The second-order valence-corrected chi connectivity index (χ2v) is 2.05. The van der Waals surface area contributed by atoms with Gasteiger partial charge in [-0.1, -0.05) is 0 Å². The standard InChI is InChI=1S/C6H6N4/c7-5-1-4-2-8-3-9-6(4)10-5/h1-3H,7H2,(H,8,9,10). The van der Waals surface area contributed by atoms with E-state index in [-0.39, 0.29) is 0 Å². The fraction of sp³-hybridized carbons (Fsp3) is 0. The molecule has 2 heterocycles. The Balaban J connectivity index is 2.88. The quantitative estimate of drug-likeness (QED) is 0.552. The molecule has 2 aromatic heterocycles. The summed E-state index contributed by atoms with van der Waals surface area (Å²) < 4.78 is 0. The molecule has 0 spiro atoms.